The molecule has 0 aliphatic carbocycles. The molecule has 0 aromatic heterocycles. The Morgan fingerprint density at radius 3 is 0.488 bits per heavy atom. The Kier molecular flexibility index (Phi) is 48.3. The fourth-order valence-electron chi connectivity index (χ4n) is 10.0. The van der Waals surface area contributed by atoms with Crippen LogP contribution in [0.2, 0.25) is 0 Å². The zero-order valence-electron chi connectivity index (χ0n) is 57.9. The number of allylic oxidation sites excluding steroid dienone is 30. The zero-order chi connectivity index (χ0) is 62.9. The average Bonchev–Trinajstić information content (AvgIpc) is 3.49. The van der Waals surface area contributed by atoms with Crippen molar-refractivity contribution in [3.63, 3.8) is 0 Å². The van der Waals surface area contributed by atoms with Gasteiger partial charge in [-0.15, -0.1) is 0 Å². The van der Waals surface area contributed by atoms with Gasteiger partial charge in [0, 0.05) is 0 Å². The minimum Gasteiger partial charge on any atom is -0.468 e. The van der Waals surface area contributed by atoms with E-state index in [1.807, 2.05) is 13.0 Å². The number of rotatable bonds is 46. The Morgan fingerprint density at radius 1 is 0.226 bits per heavy atom. The summed E-state index contributed by atoms with van der Waals surface area (Å²) in [4.78, 5) is 23.9. The Hall–Kier alpha value is -4.96. The molecule has 0 spiro atoms. The van der Waals surface area contributed by atoms with Crippen LogP contribution in [-0.4, -0.2) is 26.2 Å². The summed E-state index contributed by atoms with van der Waals surface area (Å²) < 4.78 is 9.52. The smallest absolute Gasteiger partial charge is 0.320 e. The molecule has 0 fully saturated rings. The van der Waals surface area contributed by atoms with Crippen molar-refractivity contribution >= 4 is 11.9 Å². The van der Waals surface area contributed by atoms with E-state index in [4.69, 9.17) is 9.47 Å². The number of carbonyl (C=O) groups excluding carboxylic acids is 2. The number of esters is 2. The highest BCUT2D eigenvalue weighted by atomic mass is 16.5. The van der Waals surface area contributed by atoms with Crippen LogP contribution in [0.4, 0.5) is 0 Å². The van der Waals surface area contributed by atoms with Gasteiger partial charge in [0.2, 0.25) is 0 Å². The number of carbonyl (C=O) groups is 2. The van der Waals surface area contributed by atoms with Gasteiger partial charge >= 0.3 is 11.9 Å². The minimum atomic E-state index is -0.903. The number of ether oxygens (including phenoxy) is 2. The second-order valence-electron chi connectivity index (χ2n) is 25.4. The average molecular weight is 1150 g/mol. The lowest BCUT2D eigenvalue weighted by Crippen LogP contribution is -2.26. The van der Waals surface area contributed by atoms with Crippen LogP contribution < -0.4 is 0 Å². The predicted octanol–water partition coefficient (Wildman–Crippen LogP) is 25.5. The van der Waals surface area contributed by atoms with E-state index in [1.165, 1.54) is 131 Å². The molecule has 0 amide bonds. The second-order valence-corrected chi connectivity index (χ2v) is 25.4. The van der Waals surface area contributed by atoms with Crippen LogP contribution in [-0.2, 0) is 19.1 Å². The normalized spacial score (nSPS) is 14.8. The first-order valence-electron chi connectivity index (χ1n) is 33.0. The summed E-state index contributed by atoms with van der Waals surface area (Å²) in [6, 6.07) is 0. The lowest BCUT2D eigenvalue weighted by molar-refractivity contribution is -0.158. The number of hydrogen-bond acceptors (Lipinski definition) is 4. The third-order valence-corrected chi connectivity index (χ3v) is 16.2. The summed E-state index contributed by atoms with van der Waals surface area (Å²) in [5.74, 6) is -2.02. The summed E-state index contributed by atoms with van der Waals surface area (Å²) in [5.41, 5.74) is 22.1. The SMILES string of the molecule is COC(=O)C(C/C=C(/C)CC/C=C(/C)CC/C=C(/C)CC/C=C(/C)CC/C=C(/C)CC/C=C(/C)CC/C=C(/C)CC/C=C(/C)CC/C=C(/C)CC/C=C(/C)CC/C=C(/C)CC/C=C(/C)CC/C=C(\C)CC/C=C(\C)CCC=C(C)C)C(=O)OC. The fraction of sp³-hybridized carbons (Fsp3) is 0.600. The maximum Gasteiger partial charge on any atom is 0.320 e. The molecule has 0 radical (unpaired) electrons. The lowest BCUT2D eigenvalue weighted by atomic mass is 10.0. The molecule has 4 nitrogen and oxygen atoms in total. The van der Waals surface area contributed by atoms with Crippen LogP contribution in [0.3, 0.4) is 0 Å². The Balaban J connectivity index is 4.37. The maximum atomic E-state index is 11.9. The van der Waals surface area contributed by atoms with Crippen LogP contribution in [0, 0.1) is 5.92 Å². The van der Waals surface area contributed by atoms with Crippen molar-refractivity contribution in [2.75, 3.05) is 14.2 Å². The fourth-order valence-corrected chi connectivity index (χ4v) is 10.0. The predicted molar refractivity (Wildman–Crippen MR) is 373 cm³/mol. The largest absolute Gasteiger partial charge is 0.468 e. The van der Waals surface area contributed by atoms with Crippen LogP contribution in [0.15, 0.2) is 175 Å². The maximum absolute atomic E-state index is 11.9. The molecule has 0 rings (SSSR count). The van der Waals surface area contributed by atoms with Crippen molar-refractivity contribution in [3.8, 4) is 0 Å². The molecular weight excluding hydrogens is 1020 g/mol. The second kappa shape index (κ2) is 51.3. The van der Waals surface area contributed by atoms with E-state index < -0.39 is 17.9 Å². The standard InChI is InChI=1S/C80H128O4/c1-63(2)33-19-34-64(3)35-20-36-65(4)37-21-38-66(5)39-22-40-67(6)41-23-42-68(7)43-24-44-69(8)45-25-46-70(9)47-26-48-71(10)49-27-50-72(11)51-28-52-73(12)53-29-54-74(13)55-30-56-75(14)57-31-58-76(15)59-32-60-77(16)61-62-78(79(81)83-17)80(82)84-18/h33,35,37,39,41,43,45,47,49,51,53,55,57,59,61,78H,19-32,34,36,38,40,42,44,46,48,50,52,54,56,58,60,62H2,1-18H3/b64-35+,65-37+,66-39-,67-41-,68-43-,69-45-,70-47-,71-49-,72-51-,73-53-,74-55-,75-57-,76-59-,77-61-. The van der Waals surface area contributed by atoms with E-state index in [1.54, 1.807) is 0 Å². The van der Waals surface area contributed by atoms with Crippen molar-refractivity contribution in [2.45, 2.75) is 297 Å². The van der Waals surface area contributed by atoms with Crippen molar-refractivity contribution in [1.29, 1.82) is 0 Å². The van der Waals surface area contributed by atoms with Gasteiger partial charge in [0.1, 0.15) is 0 Å². The molecule has 4 heteroatoms. The molecule has 0 aliphatic rings. The molecule has 472 valence electrons. The molecule has 0 atom stereocenters. The van der Waals surface area contributed by atoms with Gasteiger partial charge in [0.25, 0.3) is 0 Å². The van der Waals surface area contributed by atoms with Gasteiger partial charge in [-0.2, -0.15) is 0 Å². The highest BCUT2D eigenvalue weighted by molar-refractivity contribution is 5.95. The summed E-state index contributed by atoms with van der Waals surface area (Å²) in [6.07, 6.45) is 67.9. The third-order valence-electron chi connectivity index (χ3n) is 16.2. The van der Waals surface area contributed by atoms with Crippen LogP contribution in [0.25, 0.3) is 0 Å². The monoisotopic (exact) mass is 1150 g/mol. The van der Waals surface area contributed by atoms with Crippen molar-refractivity contribution < 1.29 is 19.1 Å². The van der Waals surface area contributed by atoms with Gasteiger partial charge in [-0.3, -0.25) is 9.59 Å². The van der Waals surface area contributed by atoms with Gasteiger partial charge in [-0.25, -0.2) is 0 Å². The molecule has 0 unspecified atom stereocenters. The molecule has 0 saturated carbocycles. The van der Waals surface area contributed by atoms with Gasteiger partial charge in [-0.1, -0.05) is 175 Å². The zero-order valence-corrected chi connectivity index (χ0v) is 57.9. The summed E-state index contributed by atoms with van der Waals surface area (Å²) >= 11 is 0. The van der Waals surface area contributed by atoms with Gasteiger partial charge in [0.05, 0.1) is 14.2 Å². The summed E-state index contributed by atoms with van der Waals surface area (Å²) in [6.45, 7) is 36.2. The van der Waals surface area contributed by atoms with Crippen molar-refractivity contribution in [3.05, 3.63) is 175 Å². The van der Waals surface area contributed by atoms with E-state index >= 15 is 0 Å². The van der Waals surface area contributed by atoms with E-state index in [0.717, 1.165) is 147 Å². The quantitative estimate of drug-likeness (QED) is 0.0346. The summed E-state index contributed by atoms with van der Waals surface area (Å²) in [5, 5.41) is 0. The molecule has 0 bridgehead atoms. The Labute approximate surface area is 520 Å². The van der Waals surface area contributed by atoms with Crippen LogP contribution in [0.5, 0.6) is 0 Å². The summed E-state index contributed by atoms with van der Waals surface area (Å²) in [7, 11) is 2.58. The first-order chi connectivity index (χ1) is 40.0. The van der Waals surface area contributed by atoms with Gasteiger partial charge in [-0.05, 0) is 297 Å². The molecule has 0 aliphatic heterocycles. The van der Waals surface area contributed by atoms with Crippen molar-refractivity contribution in [1.82, 2.24) is 0 Å². The first kappa shape index (κ1) is 79.0. The highest BCUT2D eigenvalue weighted by Crippen LogP contribution is 2.21. The van der Waals surface area contributed by atoms with Crippen LogP contribution >= 0.6 is 0 Å². The minimum absolute atomic E-state index is 0.300. The molecule has 0 saturated heterocycles. The lowest BCUT2D eigenvalue weighted by Gasteiger charge is -2.10. The Morgan fingerprint density at radius 2 is 0.357 bits per heavy atom. The molecule has 0 heterocycles. The number of methoxy groups -OCH3 is 2. The highest BCUT2D eigenvalue weighted by Gasteiger charge is 2.27. The topological polar surface area (TPSA) is 52.6 Å². The first-order valence-corrected chi connectivity index (χ1v) is 33.0. The molecular formula is C80H128O4. The van der Waals surface area contributed by atoms with Gasteiger partial charge < -0.3 is 9.47 Å². The Bertz CT molecular complexity index is 2350. The van der Waals surface area contributed by atoms with E-state index in [0.29, 0.717) is 6.42 Å². The van der Waals surface area contributed by atoms with Gasteiger partial charge in [0.15, 0.2) is 5.92 Å². The van der Waals surface area contributed by atoms with E-state index in [9.17, 15) is 9.59 Å². The van der Waals surface area contributed by atoms with Crippen LogP contribution in [0.1, 0.15) is 297 Å². The number of hydrogen-bond donors (Lipinski definition) is 0. The van der Waals surface area contributed by atoms with E-state index in [-0.39, 0.29) is 0 Å². The molecule has 84 heavy (non-hydrogen) atoms. The molecule has 0 N–H and O–H groups in total. The van der Waals surface area contributed by atoms with Crippen molar-refractivity contribution in [2.24, 2.45) is 5.92 Å². The molecule has 0 aromatic rings. The molecule has 0 aromatic carbocycles. The van der Waals surface area contributed by atoms with E-state index in [2.05, 4.69) is 189 Å². The third kappa shape index (κ3) is 48.3.